The Morgan fingerprint density at radius 2 is 1.96 bits per heavy atom. The molecule has 0 amide bonds. The van der Waals surface area contributed by atoms with Crippen LogP contribution < -0.4 is 5.48 Å². The van der Waals surface area contributed by atoms with Crippen LogP contribution in [0.3, 0.4) is 0 Å². The molecule has 0 unspecified atom stereocenters. The fraction of sp³-hybridized carbons (Fsp3) is 0.526. The van der Waals surface area contributed by atoms with E-state index in [2.05, 4.69) is 60.9 Å². The van der Waals surface area contributed by atoms with E-state index in [0.717, 1.165) is 30.0 Å². The molecule has 2 atom stereocenters. The van der Waals surface area contributed by atoms with Gasteiger partial charge in [0.15, 0.2) is 0 Å². The van der Waals surface area contributed by atoms with Crippen molar-refractivity contribution in [3.05, 3.63) is 52.0 Å². The lowest BCUT2D eigenvalue weighted by Gasteiger charge is -2.23. The van der Waals surface area contributed by atoms with Crippen molar-refractivity contribution in [2.24, 2.45) is 5.92 Å². The van der Waals surface area contributed by atoms with Crippen LogP contribution in [0, 0.1) is 12.8 Å². The first kappa shape index (κ1) is 18.1. The van der Waals surface area contributed by atoms with Crippen molar-refractivity contribution in [2.45, 2.75) is 59.1 Å². The predicted octanol–water partition coefficient (Wildman–Crippen LogP) is 5.60. The summed E-state index contributed by atoms with van der Waals surface area (Å²) in [4.78, 5) is 10.7. The third-order valence-corrected chi connectivity index (χ3v) is 4.79. The minimum atomic E-state index is 0.0805. The van der Waals surface area contributed by atoms with E-state index in [0.29, 0.717) is 5.92 Å². The van der Waals surface area contributed by atoms with Gasteiger partial charge in [0.2, 0.25) is 0 Å². The van der Waals surface area contributed by atoms with Crippen molar-refractivity contribution < 1.29 is 4.84 Å². The predicted molar refractivity (Wildman–Crippen MR) is 97.4 cm³/mol. The summed E-state index contributed by atoms with van der Waals surface area (Å²) in [5.74, 6) is 0.585. The molecule has 1 N–H and O–H groups in total. The summed E-state index contributed by atoms with van der Waals surface area (Å²) in [6.07, 6.45) is 3.19. The van der Waals surface area contributed by atoms with Gasteiger partial charge in [0, 0.05) is 11.1 Å². The normalized spacial score (nSPS) is 14.1. The zero-order valence-electron chi connectivity index (χ0n) is 14.6. The molecule has 0 aliphatic rings. The van der Waals surface area contributed by atoms with E-state index in [-0.39, 0.29) is 12.1 Å². The second-order valence-corrected chi connectivity index (χ2v) is 7.32. The van der Waals surface area contributed by atoms with Crippen LogP contribution in [0.1, 0.15) is 68.4 Å². The van der Waals surface area contributed by atoms with Gasteiger partial charge in [-0.25, -0.2) is 4.98 Å². The number of rotatable bonds is 9. The Morgan fingerprint density at radius 3 is 2.52 bits per heavy atom. The standard InChI is InChI=1S/C19H28N2OS/c1-5-9-18(16-10-7-6-8-11-16)22-21-17(12-14(2)3)19-20-15(4)13-23-19/h6-8,10-11,13-14,17-18,21H,5,9,12H2,1-4H3/t17-,18-/m1/s1. The smallest absolute Gasteiger partial charge is 0.112 e. The number of aromatic nitrogens is 1. The largest absolute Gasteiger partial charge is 0.293 e. The lowest BCUT2D eigenvalue weighted by atomic mass is 10.0. The second kappa shape index (κ2) is 9.16. The summed E-state index contributed by atoms with van der Waals surface area (Å²) in [6, 6.07) is 10.6. The van der Waals surface area contributed by atoms with Crippen LogP contribution >= 0.6 is 11.3 Å². The Labute approximate surface area is 144 Å². The molecule has 2 aromatic rings. The molecule has 126 valence electrons. The van der Waals surface area contributed by atoms with Crippen molar-refractivity contribution >= 4 is 11.3 Å². The van der Waals surface area contributed by atoms with Gasteiger partial charge in [0.25, 0.3) is 0 Å². The van der Waals surface area contributed by atoms with Gasteiger partial charge in [-0.15, -0.1) is 11.3 Å². The van der Waals surface area contributed by atoms with Crippen LogP contribution in [0.15, 0.2) is 35.7 Å². The maximum absolute atomic E-state index is 6.11. The molecule has 0 aliphatic carbocycles. The van der Waals surface area contributed by atoms with E-state index in [4.69, 9.17) is 4.84 Å². The first-order chi connectivity index (χ1) is 11.1. The highest BCUT2D eigenvalue weighted by molar-refractivity contribution is 7.09. The van der Waals surface area contributed by atoms with Crippen molar-refractivity contribution in [2.75, 3.05) is 0 Å². The van der Waals surface area contributed by atoms with Crippen LogP contribution in [0.25, 0.3) is 0 Å². The van der Waals surface area contributed by atoms with Crippen LogP contribution in [0.2, 0.25) is 0 Å². The molecule has 0 saturated heterocycles. The third kappa shape index (κ3) is 5.72. The Kier molecular flexibility index (Phi) is 7.21. The molecular weight excluding hydrogens is 304 g/mol. The SMILES string of the molecule is CCC[C@@H](ON[C@H](CC(C)C)c1nc(C)cs1)c1ccccc1. The summed E-state index contributed by atoms with van der Waals surface area (Å²) >= 11 is 1.71. The summed E-state index contributed by atoms with van der Waals surface area (Å²) in [5, 5.41) is 3.21. The van der Waals surface area contributed by atoms with Crippen molar-refractivity contribution in [1.82, 2.24) is 10.5 Å². The first-order valence-corrected chi connectivity index (χ1v) is 9.36. The Hall–Kier alpha value is -1.23. The molecule has 23 heavy (non-hydrogen) atoms. The summed E-state index contributed by atoms with van der Waals surface area (Å²) in [6.45, 7) is 8.69. The maximum Gasteiger partial charge on any atom is 0.112 e. The highest BCUT2D eigenvalue weighted by atomic mass is 32.1. The molecule has 0 radical (unpaired) electrons. The lowest BCUT2D eigenvalue weighted by Crippen LogP contribution is -2.25. The molecule has 0 saturated carbocycles. The maximum atomic E-state index is 6.11. The fourth-order valence-electron chi connectivity index (χ4n) is 2.59. The average molecular weight is 333 g/mol. The van der Waals surface area contributed by atoms with Gasteiger partial charge >= 0.3 is 0 Å². The number of nitrogens with zero attached hydrogens (tertiary/aromatic N) is 1. The zero-order chi connectivity index (χ0) is 16.7. The number of benzene rings is 1. The average Bonchev–Trinajstić information content (AvgIpc) is 2.97. The van der Waals surface area contributed by atoms with E-state index >= 15 is 0 Å². The van der Waals surface area contributed by atoms with E-state index in [9.17, 15) is 0 Å². The van der Waals surface area contributed by atoms with Gasteiger partial charge < -0.3 is 0 Å². The number of nitrogens with one attached hydrogen (secondary N) is 1. The van der Waals surface area contributed by atoms with E-state index in [1.165, 1.54) is 5.56 Å². The van der Waals surface area contributed by atoms with Crippen LogP contribution in [0.5, 0.6) is 0 Å². The Morgan fingerprint density at radius 1 is 1.22 bits per heavy atom. The quantitative estimate of drug-likeness (QED) is 0.607. The van der Waals surface area contributed by atoms with Gasteiger partial charge in [0.1, 0.15) is 11.1 Å². The monoisotopic (exact) mass is 332 g/mol. The van der Waals surface area contributed by atoms with Gasteiger partial charge in [0.05, 0.1) is 6.04 Å². The summed E-state index contributed by atoms with van der Waals surface area (Å²) in [5.41, 5.74) is 5.61. The molecule has 2 rings (SSSR count). The van der Waals surface area contributed by atoms with Crippen molar-refractivity contribution in [3.8, 4) is 0 Å². The highest BCUT2D eigenvalue weighted by Gasteiger charge is 2.19. The minimum absolute atomic E-state index is 0.0805. The molecule has 0 aliphatic heterocycles. The third-order valence-electron chi connectivity index (χ3n) is 3.72. The molecule has 4 heteroatoms. The molecule has 0 bridgehead atoms. The highest BCUT2D eigenvalue weighted by Crippen LogP contribution is 2.27. The lowest BCUT2D eigenvalue weighted by molar-refractivity contribution is -0.0539. The van der Waals surface area contributed by atoms with Crippen molar-refractivity contribution in [1.29, 1.82) is 0 Å². The van der Waals surface area contributed by atoms with Gasteiger partial charge in [-0.2, -0.15) is 5.48 Å². The number of hydrogen-bond acceptors (Lipinski definition) is 4. The van der Waals surface area contributed by atoms with E-state index in [1.54, 1.807) is 11.3 Å². The topological polar surface area (TPSA) is 34.1 Å². The van der Waals surface area contributed by atoms with Gasteiger partial charge in [-0.3, -0.25) is 4.84 Å². The molecule has 0 spiro atoms. The summed E-state index contributed by atoms with van der Waals surface area (Å²) < 4.78 is 0. The van der Waals surface area contributed by atoms with E-state index < -0.39 is 0 Å². The summed E-state index contributed by atoms with van der Waals surface area (Å²) in [7, 11) is 0. The van der Waals surface area contributed by atoms with Crippen LogP contribution in [-0.2, 0) is 4.84 Å². The molecular formula is C19H28N2OS. The zero-order valence-corrected chi connectivity index (χ0v) is 15.4. The number of aryl methyl sites for hydroxylation is 1. The molecule has 0 fully saturated rings. The molecule has 3 nitrogen and oxygen atoms in total. The van der Waals surface area contributed by atoms with Crippen LogP contribution in [-0.4, -0.2) is 4.98 Å². The van der Waals surface area contributed by atoms with Gasteiger partial charge in [-0.1, -0.05) is 57.5 Å². The number of hydrogen-bond donors (Lipinski definition) is 1. The number of hydroxylamine groups is 1. The molecule has 1 aromatic carbocycles. The number of thiazole rings is 1. The fourth-order valence-corrected chi connectivity index (χ4v) is 3.44. The minimum Gasteiger partial charge on any atom is -0.293 e. The molecule has 1 aromatic heterocycles. The van der Waals surface area contributed by atoms with Crippen LogP contribution in [0.4, 0.5) is 0 Å². The first-order valence-electron chi connectivity index (χ1n) is 8.48. The van der Waals surface area contributed by atoms with E-state index in [1.807, 2.05) is 13.0 Å². The Balaban J connectivity index is 2.05. The molecule has 1 heterocycles. The second-order valence-electron chi connectivity index (χ2n) is 6.43. The van der Waals surface area contributed by atoms with Crippen molar-refractivity contribution in [3.63, 3.8) is 0 Å². The Bertz CT molecular complexity index is 568. The van der Waals surface area contributed by atoms with Gasteiger partial charge in [-0.05, 0) is 31.2 Å².